The number of hydrogen-bond acceptors (Lipinski definition) is 10. The SMILES string of the molecule is CN[C@@H](C)C(=O)N[C@@H](CC#CC#CC[C@H](NC(=O)[C@H](C)NC)C(=O)N[C@H]1c2ccccc2C[C@@H]1NC(=O)c1cc2ccccc2cc1OC)C(=O)N[C@H]1c2ccccc2C[C@@H]1NC(=O)c1cc2ccccc2cc1OC. The minimum absolute atomic E-state index is 0.137. The van der Waals surface area contributed by atoms with Gasteiger partial charge < -0.3 is 52.0 Å². The van der Waals surface area contributed by atoms with Crippen LogP contribution in [0.3, 0.4) is 0 Å². The van der Waals surface area contributed by atoms with Crippen molar-refractivity contribution in [2.75, 3.05) is 28.3 Å². The van der Waals surface area contributed by atoms with Gasteiger partial charge in [-0.1, -0.05) is 109 Å². The van der Waals surface area contributed by atoms with Gasteiger partial charge in [0.15, 0.2) is 0 Å². The van der Waals surface area contributed by atoms with Crippen LogP contribution in [0.25, 0.3) is 21.5 Å². The van der Waals surface area contributed by atoms with Crippen LogP contribution in [0.2, 0.25) is 0 Å². The Hall–Kier alpha value is -8.70. The molecule has 0 bridgehead atoms. The summed E-state index contributed by atoms with van der Waals surface area (Å²) in [6, 6.07) is 31.8. The number of benzene rings is 6. The standard InChI is InChI=1S/C60H62N8O8/c1-35(61-3)55(69)63-47(59(73)67-53-43-25-17-15-23-41(43)31-49(53)65-57(71)45-29-37-19-11-13-21-39(37)33-51(45)75-5)27-9-7-8-10-28-48(64-56(70)36(2)62-4)60(74)68-54-44-26-18-16-24-42(44)32-50(54)66-58(72)46-30-38-20-12-14-22-40(38)34-52(46)76-6/h11-26,29-30,33-36,47-50,53-54,61-62H,27-28,31-32H2,1-6H3,(H,63,69)(H,64,70)(H,65,71)(H,66,72)(H,67,73)(H,68,74)/t35-,36-,47-,48-,49-,50-,53-,54-/m0/s1. The monoisotopic (exact) mass is 1020 g/mol. The quantitative estimate of drug-likeness (QED) is 0.0556. The van der Waals surface area contributed by atoms with Crippen LogP contribution in [0, 0.1) is 23.7 Å². The van der Waals surface area contributed by atoms with E-state index >= 15 is 0 Å². The van der Waals surface area contributed by atoms with Crippen molar-refractivity contribution < 1.29 is 38.2 Å². The molecule has 0 spiro atoms. The Kier molecular flexibility index (Phi) is 17.3. The summed E-state index contributed by atoms with van der Waals surface area (Å²) < 4.78 is 11.3. The van der Waals surface area contributed by atoms with E-state index in [4.69, 9.17) is 9.47 Å². The largest absolute Gasteiger partial charge is 0.496 e. The van der Waals surface area contributed by atoms with E-state index in [0.29, 0.717) is 35.5 Å². The van der Waals surface area contributed by atoms with Crippen LogP contribution in [-0.2, 0) is 32.0 Å². The molecular formula is C60H62N8O8. The van der Waals surface area contributed by atoms with Crippen molar-refractivity contribution in [1.29, 1.82) is 0 Å². The van der Waals surface area contributed by atoms with Gasteiger partial charge in [-0.25, -0.2) is 0 Å². The number of likely N-dealkylation sites (N-methyl/N-ethyl adjacent to an activating group) is 2. The summed E-state index contributed by atoms with van der Waals surface area (Å²) in [5.74, 6) is 9.50. The first-order chi connectivity index (χ1) is 36.8. The van der Waals surface area contributed by atoms with E-state index in [1.54, 1.807) is 40.1 Å². The van der Waals surface area contributed by atoms with E-state index in [-0.39, 0.29) is 24.7 Å². The van der Waals surface area contributed by atoms with Gasteiger partial charge in [-0.2, -0.15) is 0 Å². The van der Waals surface area contributed by atoms with Crippen LogP contribution in [0.4, 0.5) is 0 Å². The van der Waals surface area contributed by atoms with Crippen molar-refractivity contribution in [2.24, 2.45) is 0 Å². The molecule has 6 aromatic rings. The third kappa shape index (κ3) is 12.3. The zero-order valence-corrected chi connectivity index (χ0v) is 43.3. The minimum Gasteiger partial charge on any atom is -0.496 e. The molecule has 0 fully saturated rings. The van der Waals surface area contributed by atoms with E-state index < -0.39 is 72.0 Å². The Bertz CT molecular complexity index is 3100. The normalized spacial score (nSPS) is 17.6. The van der Waals surface area contributed by atoms with Crippen molar-refractivity contribution in [3.8, 4) is 35.2 Å². The molecule has 2 aliphatic carbocycles. The Balaban J connectivity index is 0.980. The number of carbonyl (C=O) groups excluding carboxylic acids is 6. The van der Waals surface area contributed by atoms with E-state index in [9.17, 15) is 28.8 Å². The van der Waals surface area contributed by atoms with Gasteiger partial charge in [0.05, 0.1) is 61.6 Å². The molecule has 2 aliphatic rings. The van der Waals surface area contributed by atoms with Crippen molar-refractivity contribution in [2.45, 2.75) is 87.9 Å². The number of nitrogens with one attached hydrogen (secondary N) is 8. The number of methoxy groups -OCH3 is 2. The van der Waals surface area contributed by atoms with Crippen molar-refractivity contribution in [3.05, 3.63) is 155 Å². The molecule has 0 radical (unpaired) electrons. The van der Waals surface area contributed by atoms with Gasteiger partial charge in [0, 0.05) is 12.8 Å². The fourth-order valence-corrected chi connectivity index (χ4v) is 9.62. The summed E-state index contributed by atoms with van der Waals surface area (Å²) in [7, 11) is 6.28. The molecule has 8 N–H and O–H groups in total. The topological polar surface area (TPSA) is 217 Å². The molecule has 8 atom stereocenters. The number of hydrogen-bond donors (Lipinski definition) is 8. The van der Waals surface area contributed by atoms with E-state index in [2.05, 4.69) is 66.2 Å². The molecule has 6 amide bonds. The molecule has 76 heavy (non-hydrogen) atoms. The maximum absolute atomic E-state index is 14.3. The van der Waals surface area contributed by atoms with Gasteiger partial charge in [-0.15, -0.1) is 0 Å². The lowest BCUT2D eigenvalue weighted by Gasteiger charge is -2.26. The minimum atomic E-state index is -1.13. The molecule has 0 unspecified atom stereocenters. The molecule has 16 nitrogen and oxygen atoms in total. The Morgan fingerprint density at radius 2 is 0.855 bits per heavy atom. The lowest BCUT2D eigenvalue weighted by atomic mass is 10.0. The Morgan fingerprint density at radius 3 is 1.22 bits per heavy atom. The Morgan fingerprint density at radius 1 is 0.500 bits per heavy atom. The highest BCUT2D eigenvalue weighted by Crippen LogP contribution is 2.35. The van der Waals surface area contributed by atoms with Gasteiger partial charge in [0.2, 0.25) is 23.6 Å². The summed E-state index contributed by atoms with van der Waals surface area (Å²) >= 11 is 0. The fourth-order valence-electron chi connectivity index (χ4n) is 9.62. The van der Waals surface area contributed by atoms with Crippen LogP contribution in [0.15, 0.2) is 121 Å². The van der Waals surface area contributed by atoms with Gasteiger partial charge in [-0.3, -0.25) is 28.8 Å². The van der Waals surface area contributed by atoms with E-state index in [1.807, 2.05) is 109 Å². The number of amides is 6. The maximum atomic E-state index is 14.3. The average Bonchev–Trinajstić information content (AvgIpc) is 3.97. The molecule has 0 aliphatic heterocycles. The van der Waals surface area contributed by atoms with Crippen LogP contribution in [-0.4, -0.2) is 100 Å². The third-order valence-corrected chi connectivity index (χ3v) is 14.1. The van der Waals surface area contributed by atoms with Crippen LogP contribution in [0.1, 0.15) is 81.7 Å². The lowest BCUT2D eigenvalue weighted by molar-refractivity contribution is -0.130. The molecule has 0 saturated heterocycles. The van der Waals surface area contributed by atoms with Crippen LogP contribution in [0.5, 0.6) is 11.5 Å². The second kappa shape index (κ2) is 24.6. The first-order valence-corrected chi connectivity index (χ1v) is 25.2. The molecule has 0 aromatic heterocycles. The molecule has 0 saturated carbocycles. The summed E-state index contributed by atoms with van der Waals surface area (Å²) in [5.41, 5.74) is 4.24. The first kappa shape index (κ1) is 53.6. The van der Waals surface area contributed by atoms with Crippen molar-refractivity contribution in [3.63, 3.8) is 0 Å². The highest BCUT2D eigenvalue weighted by atomic mass is 16.5. The molecule has 16 heteroatoms. The summed E-state index contributed by atoms with van der Waals surface area (Å²) in [6.07, 6.45) is 0.599. The van der Waals surface area contributed by atoms with Crippen molar-refractivity contribution >= 4 is 57.0 Å². The Labute approximate surface area is 442 Å². The second-order valence-corrected chi connectivity index (χ2v) is 18.9. The van der Waals surface area contributed by atoms with Crippen LogP contribution < -0.4 is 52.0 Å². The fraction of sp³-hybridized carbons (Fsp3) is 0.300. The zero-order valence-electron chi connectivity index (χ0n) is 43.3. The van der Waals surface area contributed by atoms with Gasteiger partial charge in [0.25, 0.3) is 11.8 Å². The maximum Gasteiger partial charge on any atom is 0.255 e. The summed E-state index contributed by atoms with van der Waals surface area (Å²) in [5, 5.41) is 27.5. The molecule has 6 aromatic carbocycles. The number of rotatable bonds is 18. The lowest BCUT2D eigenvalue weighted by Crippen LogP contribution is -2.53. The average molecular weight is 1020 g/mol. The second-order valence-electron chi connectivity index (χ2n) is 18.9. The summed E-state index contributed by atoms with van der Waals surface area (Å²) in [6.45, 7) is 3.32. The highest BCUT2D eigenvalue weighted by molar-refractivity contribution is 6.03. The molecule has 390 valence electrons. The zero-order chi connectivity index (χ0) is 53.9. The number of fused-ring (bicyclic) bond motifs is 4. The molecular weight excluding hydrogens is 961 g/mol. The van der Waals surface area contributed by atoms with Gasteiger partial charge in [0.1, 0.15) is 23.6 Å². The summed E-state index contributed by atoms with van der Waals surface area (Å²) in [4.78, 5) is 83.2. The predicted octanol–water partition coefficient (Wildman–Crippen LogP) is 4.71. The van der Waals surface area contributed by atoms with E-state index in [1.165, 1.54) is 14.2 Å². The highest BCUT2D eigenvalue weighted by Gasteiger charge is 2.38. The van der Waals surface area contributed by atoms with Crippen molar-refractivity contribution in [1.82, 2.24) is 42.5 Å². The van der Waals surface area contributed by atoms with Crippen LogP contribution >= 0.6 is 0 Å². The number of carbonyl (C=O) groups is 6. The molecule has 8 rings (SSSR count). The van der Waals surface area contributed by atoms with Gasteiger partial charge in [-0.05, 0) is 121 Å². The van der Waals surface area contributed by atoms with Gasteiger partial charge >= 0.3 is 0 Å². The van der Waals surface area contributed by atoms with E-state index in [0.717, 1.165) is 43.8 Å². The third-order valence-electron chi connectivity index (χ3n) is 14.1. The smallest absolute Gasteiger partial charge is 0.255 e. The first-order valence-electron chi connectivity index (χ1n) is 25.2. The predicted molar refractivity (Wildman–Crippen MR) is 291 cm³/mol. The number of ether oxygens (including phenoxy) is 2. The molecule has 0 heterocycles.